The molecule has 114 valence electrons. The average molecular weight is 316 g/mol. The lowest BCUT2D eigenvalue weighted by molar-refractivity contribution is 0.0909. The van der Waals surface area contributed by atoms with Crippen molar-refractivity contribution in [1.82, 2.24) is 14.5 Å². The van der Waals surface area contributed by atoms with Crippen molar-refractivity contribution in [2.24, 2.45) is 13.0 Å². The monoisotopic (exact) mass is 315 g/mol. The third-order valence-electron chi connectivity index (χ3n) is 4.52. The van der Waals surface area contributed by atoms with Crippen molar-refractivity contribution in [3.05, 3.63) is 53.7 Å². The van der Waals surface area contributed by atoms with E-state index in [0.29, 0.717) is 0 Å². The Kier molecular flexibility index (Phi) is 3.79. The topological polar surface area (TPSA) is 50.7 Å². The molecule has 1 unspecified atom stereocenters. The summed E-state index contributed by atoms with van der Waals surface area (Å²) in [6, 6.07) is 8.09. The molecule has 1 aliphatic rings. The molecule has 2 aromatic heterocycles. The van der Waals surface area contributed by atoms with E-state index >= 15 is 0 Å². The molecule has 22 heavy (non-hydrogen) atoms. The second-order valence-electron chi connectivity index (χ2n) is 5.80. The van der Waals surface area contributed by atoms with Crippen molar-refractivity contribution in [3.63, 3.8) is 0 Å². The maximum absolute atomic E-state index is 12.9. The number of hydrogen-bond acceptors (Lipinski definition) is 2. The van der Waals surface area contributed by atoms with Crippen LogP contribution in [0.5, 0.6) is 0 Å². The molecular formula is C17H18ClN3O. The molecule has 0 saturated heterocycles. The van der Waals surface area contributed by atoms with Gasteiger partial charge in [-0.15, -0.1) is 12.4 Å². The van der Waals surface area contributed by atoms with E-state index in [1.54, 1.807) is 6.33 Å². The van der Waals surface area contributed by atoms with Gasteiger partial charge in [0.2, 0.25) is 0 Å². The smallest absolute Gasteiger partial charge is 0.168 e. The third kappa shape index (κ3) is 2.24. The van der Waals surface area contributed by atoms with E-state index in [-0.39, 0.29) is 24.1 Å². The molecule has 1 atom stereocenters. The Morgan fingerprint density at radius 3 is 3.05 bits per heavy atom. The molecule has 1 aliphatic carbocycles. The highest BCUT2D eigenvalue weighted by Crippen LogP contribution is 2.29. The summed E-state index contributed by atoms with van der Waals surface area (Å²) >= 11 is 0. The second kappa shape index (κ2) is 5.61. The number of ketones is 1. The number of aryl methyl sites for hydroxylation is 2. The van der Waals surface area contributed by atoms with Crippen molar-refractivity contribution in [3.8, 4) is 0 Å². The van der Waals surface area contributed by atoms with Gasteiger partial charge in [-0.3, -0.25) is 4.79 Å². The number of imidazole rings is 1. The number of carbonyl (C=O) groups is 1. The molecular weight excluding hydrogens is 298 g/mol. The first kappa shape index (κ1) is 14.9. The lowest BCUT2D eigenvalue weighted by Gasteiger charge is -2.19. The number of carbonyl (C=O) groups excluding carboxylic acids is 1. The van der Waals surface area contributed by atoms with Gasteiger partial charge in [-0.05, 0) is 25.3 Å². The van der Waals surface area contributed by atoms with E-state index < -0.39 is 0 Å². The standard InChI is InChI=1S/C17H17N3O.ClH/c1-20-9-13(12-4-2-3-5-16(12)20)17(21)11-6-7-14-15(8-11)19-10-18-14;/h2-5,9-11H,6-8H2,1H3,(H,18,19);1H. The van der Waals surface area contributed by atoms with E-state index in [1.807, 2.05) is 36.0 Å². The van der Waals surface area contributed by atoms with Crippen LogP contribution in [0.3, 0.4) is 0 Å². The first-order valence-electron chi connectivity index (χ1n) is 7.33. The minimum Gasteiger partial charge on any atom is -0.350 e. The van der Waals surface area contributed by atoms with Crippen molar-refractivity contribution in [2.45, 2.75) is 19.3 Å². The Morgan fingerprint density at radius 2 is 2.18 bits per heavy atom. The number of fused-ring (bicyclic) bond motifs is 2. The van der Waals surface area contributed by atoms with Crippen LogP contribution in [0.1, 0.15) is 28.2 Å². The molecule has 0 bridgehead atoms. The van der Waals surface area contributed by atoms with Crippen LogP contribution < -0.4 is 0 Å². The van der Waals surface area contributed by atoms with E-state index in [1.165, 1.54) is 0 Å². The summed E-state index contributed by atoms with van der Waals surface area (Å²) in [5.74, 6) is 0.316. The van der Waals surface area contributed by atoms with Gasteiger partial charge in [-0.25, -0.2) is 4.98 Å². The molecule has 0 spiro atoms. The molecule has 4 rings (SSSR count). The predicted octanol–water partition coefficient (Wildman–Crippen LogP) is 3.31. The minimum atomic E-state index is 0. The lowest BCUT2D eigenvalue weighted by atomic mass is 9.84. The number of Topliss-reactive ketones (excluding diaryl/α,β-unsaturated/α-hetero) is 1. The van der Waals surface area contributed by atoms with Crippen LogP contribution in [0.15, 0.2) is 36.8 Å². The maximum Gasteiger partial charge on any atom is 0.168 e. The Labute approximate surface area is 135 Å². The van der Waals surface area contributed by atoms with E-state index in [2.05, 4.69) is 16.0 Å². The number of nitrogens with zero attached hydrogens (tertiary/aromatic N) is 2. The normalized spacial score (nSPS) is 17.0. The van der Waals surface area contributed by atoms with Gasteiger partial charge in [-0.2, -0.15) is 0 Å². The minimum absolute atomic E-state index is 0. The molecule has 0 radical (unpaired) electrons. The fraction of sp³-hybridized carbons (Fsp3) is 0.294. The Morgan fingerprint density at radius 1 is 1.36 bits per heavy atom. The van der Waals surface area contributed by atoms with Crippen LogP contribution in [-0.4, -0.2) is 20.3 Å². The lowest BCUT2D eigenvalue weighted by Crippen LogP contribution is -2.22. The van der Waals surface area contributed by atoms with Crippen molar-refractivity contribution < 1.29 is 4.79 Å². The molecule has 2 heterocycles. The zero-order valence-corrected chi connectivity index (χ0v) is 13.2. The van der Waals surface area contributed by atoms with Crippen molar-refractivity contribution in [2.75, 3.05) is 0 Å². The van der Waals surface area contributed by atoms with Gasteiger partial charge in [-0.1, -0.05) is 18.2 Å². The summed E-state index contributed by atoms with van der Waals surface area (Å²) in [5.41, 5.74) is 4.21. The zero-order chi connectivity index (χ0) is 14.4. The summed E-state index contributed by atoms with van der Waals surface area (Å²) in [5, 5.41) is 1.06. The van der Waals surface area contributed by atoms with Crippen LogP contribution >= 0.6 is 12.4 Å². The van der Waals surface area contributed by atoms with E-state index in [4.69, 9.17) is 0 Å². The molecule has 0 aliphatic heterocycles. The molecule has 1 aromatic carbocycles. The number of nitrogens with one attached hydrogen (secondary N) is 1. The van der Waals surface area contributed by atoms with E-state index in [0.717, 1.165) is 47.1 Å². The molecule has 0 saturated carbocycles. The molecule has 5 heteroatoms. The number of halogens is 1. The zero-order valence-electron chi connectivity index (χ0n) is 12.4. The van der Waals surface area contributed by atoms with Gasteiger partial charge in [0.25, 0.3) is 0 Å². The first-order chi connectivity index (χ1) is 10.2. The van der Waals surface area contributed by atoms with Gasteiger partial charge >= 0.3 is 0 Å². The molecule has 1 N–H and O–H groups in total. The highest BCUT2D eigenvalue weighted by Gasteiger charge is 2.28. The Balaban J connectivity index is 0.00000144. The SMILES string of the molecule is Cl.Cn1cc(C(=O)C2CCc3nc[nH]c3C2)c2ccccc21. The third-order valence-corrected chi connectivity index (χ3v) is 4.52. The van der Waals surface area contributed by atoms with Gasteiger partial charge in [0.1, 0.15) is 0 Å². The van der Waals surface area contributed by atoms with Gasteiger partial charge < -0.3 is 9.55 Å². The quantitative estimate of drug-likeness (QED) is 0.738. The number of aromatic amines is 1. The van der Waals surface area contributed by atoms with Crippen molar-refractivity contribution in [1.29, 1.82) is 0 Å². The number of H-pyrrole nitrogens is 1. The molecule has 0 amide bonds. The predicted molar refractivity (Wildman–Crippen MR) is 88.6 cm³/mol. The summed E-state index contributed by atoms with van der Waals surface area (Å²) in [6.07, 6.45) is 6.25. The van der Waals surface area contributed by atoms with Gasteiger partial charge in [0, 0.05) is 41.3 Å². The number of aromatic nitrogens is 3. The highest BCUT2D eigenvalue weighted by molar-refractivity contribution is 6.09. The Hall–Kier alpha value is -2.07. The fourth-order valence-corrected chi connectivity index (χ4v) is 3.38. The van der Waals surface area contributed by atoms with Gasteiger partial charge in [0.15, 0.2) is 5.78 Å². The van der Waals surface area contributed by atoms with Gasteiger partial charge in [0.05, 0.1) is 12.0 Å². The summed E-state index contributed by atoms with van der Waals surface area (Å²) in [4.78, 5) is 20.4. The largest absolute Gasteiger partial charge is 0.350 e. The van der Waals surface area contributed by atoms with Crippen LogP contribution in [0.2, 0.25) is 0 Å². The van der Waals surface area contributed by atoms with Crippen LogP contribution in [-0.2, 0) is 19.9 Å². The molecule has 3 aromatic rings. The summed E-state index contributed by atoms with van der Waals surface area (Å²) in [6.45, 7) is 0. The number of hydrogen-bond donors (Lipinski definition) is 1. The fourth-order valence-electron chi connectivity index (χ4n) is 3.38. The summed E-state index contributed by atoms with van der Waals surface area (Å²) in [7, 11) is 1.99. The average Bonchev–Trinajstić information content (AvgIpc) is 3.11. The first-order valence-corrected chi connectivity index (χ1v) is 7.33. The van der Waals surface area contributed by atoms with Crippen LogP contribution in [0.4, 0.5) is 0 Å². The number of para-hydroxylation sites is 1. The molecule has 0 fully saturated rings. The highest BCUT2D eigenvalue weighted by atomic mass is 35.5. The summed E-state index contributed by atoms with van der Waals surface area (Å²) < 4.78 is 2.03. The second-order valence-corrected chi connectivity index (χ2v) is 5.80. The van der Waals surface area contributed by atoms with E-state index in [9.17, 15) is 4.79 Å². The molecule has 4 nitrogen and oxygen atoms in total. The maximum atomic E-state index is 12.9. The van der Waals surface area contributed by atoms with Crippen LogP contribution in [0.25, 0.3) is 10.9 Å². The Bertz CT molecular complexity index is 833. The number of benzene rings is 1. The van der Waals surface area contributed by atoms with Crippen molar-refractivity contribution >= 4 is 29.1 Å². The number of rotatable bonds is 2. The van der Waals surface area contributed by atoms with Crippen LogP contribution in [0, 0.1) is 5.92 Å².